The minimum Gasteiger partial charge on any atom is -0.462 e. The molecule has 4 aromatic rings. The van der Waals surface area contributed by atoms with E-state index in [1.54, 1.807) is 31.2 Å². The smallest absolute Gasteiger partial charge is 0.338 e. The van der Waals surface area contributed by atoms with Crippen LogP contribution in [0.1, 0.15) is 39.5 Å². The summed E-state index contributed by atoms with van der Waals surface area (Å²) >= 11 is 0. The van der Waals surface area contributed by atoms with Crippen molar-refractivity contribution in [1.82, 2.24) is 9.29 Å². The lowest BCUT2D eigenvalue weighted by atomic mass is 10.0. The highest BCUT2D eigenvalue weighted by Gasteiger charge is 2.27. The number of aromatic amines is 1. The Bertz CT molecular complexity index is 1730. The van der Waals surface area contributed by atoms with Crippen molar-refractivity contribution in [2.75, 3.05) is 13.4 Å². The van der Waals surface area contributed by atoms with Gasteiger partial charge >= 0.3 is 5.97 Å². The third-order valence-corrected chi connectivity index (χ3v) is 8.47. The van der Waals surface area contributed by atoms with E-state index in [1.165, 1.54) is 28.6 Å². The first-order valence-electron chi connectivity index (χ1n) is 12.5. The van der Waals surface area contributed by atoms with Crippen molar-refractivity contribution in [3.05, 3.63) is 98.8 Å². The average Bonchev–Trinajstić information content (AvgIpc) is 3.39. The molecule has 1 aliphatic heterocycles. The predicted octanol–water partition coefficient (Wildman–Crippen LogP) is 4.44. The molecule has 0 saturated carbocycles. The van der Waals surface area contributed by atoms with Crippen LogP contribution in [0.15, 0.2) is 70.4 Å². The molecular formula is C29H28N2O7S. The molecule has 0 unspecified atom stereocenters. The molecule has 0 radical (unpaired) electrons. The molecule has 1 aliphatic rings. The maximum absolute atomic E-state index is 13.9. The topological polar surface area (TPSA) is 115 Å². The molecule has 1 N–H and O–H groups in total. The van der Waals surface area contributed by atoms with E-state index >= 15 is 0 Å². The van der Waals surface area contributed by atoms with Crippen LogP contribution in [0.25, 0.3) is 10.9 Å². The Hall–Kier alpha value is -4.15. The molecule has 0 fully saturated rings. The van der Waals surface area contributed by atoms with Crippen LogP contribution in [-0.2, 0) is 27.8 Å². The molecule has 2 heterocycles. The van der Waals surface area contributed by atoms with Crippen LogP contribution >= 0.6 is 0 Å². The van der Waals surface area contributed by atoms with E-state index in [0.29, 0.717) is 22.6 Å². The highest BCUT2D eigenvalue weighted by Crippen LogP contribution is 2.33. The number of pyridine rings is 1. The number of aryl methyl sites for hydroxylation is 2. The summed E-state index contributed by atoms with van der Waals surface area (Å²) in [6.07, 6.45) is 0. The molecule has 39 heavy (non-hydrogen) atoms. The molecule has 0 spiro atoms. The van der Waals surface area contributed by atoms with Crippen molar-refractivity contribution in [3.63, 3.8) is 0 Å². The SMILES string of the molecule is CCOC(=O)c1ccc(S(=O)(=O)N(Cc2ccc3c(c2)OCO3)Cc2cc3c(C)ccc(C)c3[nH]c2=O)cc1. The number of carbonyl (C=O) groups is 1. The summed E-state index contributed by atoms with van der Waals surface area (Å²) in [5, 5.41) is 0.851. The molecule has 10 heteroatoms. The number of rotatable bonds is 8. The van der Waals surface area contributed by atoms with Gasteiger partial charge in [-0.25, -0.2) is 13.2 Å². The molecule has 5 rings (SSSR count). The number of ether oxygens (including phenoxy) is 3. The van der Waals surface area contributed by atoms with Crippen LogP contribution in [0.5, 0.6) is 11.5 Å². The fourth-order valence-electron chi connectivity index (χ4n) is 4.52. The van der Waals surface area contributed by atoms with Gasteiger partial charge in [0.15, 0.2) is 11.5 Å². The van der Waals surface area contributed by atoms with E-state index < -0.39 is 16.0 Å². The second kappa shape index (κ2) is 10.5. The van der Waals surface area contributed by atoms with Gasteiger partial charge in [0.25, 0.3) is 5.56 Å². The third kappa shape index (κ3) is 5.25. The Kier molecular flexibility index (Phi) is 7.16. The molecule has 0 amide bonds. The van der Waals surface area contributed by atoms with Crippen LogP contribution < -0.4 is 15.0 Å². The zero-order chi connectivity index (χ0) is 27.7. The van der Waals surface area contributed by atoms with Gasteiger partial charge in [-0.05, 0) is 79.9 Å². The number of fused-ring (bicyclic) bond motifs is 2. The Balaban J connectivity index is 1.55. The summed E-state index contributed by atoms with van der Waals surface area (Å²) < 4.78 is 44.9. The van der Waals surface area contributed by atoms with Crippen molar-refractivity contribution >= 4 is 26.9 Å². The van der Waals surface area contributed by atoms with Gasteiger partial charge in [0.2, 0.25) is 16.8 Å². The number of nitrogens with one attached hydrogen (secondary N) is 1. The highest BCUT2D eigenvalue weighted by atomic mass is 32.2. The van der Waals surface area contributed by atoms with Gasteiger partial charge in [-0.2, -0.15) is 4.31 Å². The number of H-pyrrole nitrogens is 1. The summed E-state index contributed by atoms with van der Waals surface area (Å²) in [6, 6.07) is 16.4. The molecule has 1 aromatic heterocycles. The first kappa shape index (κ1) is 26.5. The van der Waals surface area contributed by atoms with E-state index in [4.69, 9.17) is 14.2 Å². The van der Waals surface area contributed by atoms with E-state index in [0.717, 1.165) is 22.0 Å². The normalized spacial score (nSPS) is 12.7. The lowest BCUT2D eigenvalue weighted by Crippen LogP contribution is -2.32. The van der Waals surface area contributed by atoms with E-state index in [2.05, 4.69) is 4.98 Å². The Labute approximate surface area is 226 Å². The van der Waals surface area contributed by atoms with Gasteiger partial charge in [-0.1, -0.05) is 18.2 Å². The van der Waals surface area contributed by atoms with Gasteiger partial charge in [0.1, 0.15) is 0 Å². The lowest BCUT2D eigenvalue weighted by Gasteiger charge is -2.23. The maximum Gasteiger partial charge on any atom is 0.338 e. The summed E-state index contributed by atoms with van der Waals surface area (Å²) in [5.41, 5.74) is 3.47. The quantitative estimate of drug-likeness (QED) is 0.324. The van der Waals surface area contributed by atoms with Crippen molar-refractivity contribution < 1.29 is 27.4 Å². The van der Waals surface area contributed by atoms with Gasteiger partial charge in [0, 0.05) is 24.0 Å². The standard InChI is InChI=1S/C29H28N2O7S/c1-4-36-29(33)21-8-10-23(11-9-21)39(34,35)31(15-20-7-12-25-26(13-20)38-17-37-25)16-22-14-24-18(2)5-6-19(3)27(24)30-28(22)32/h5-14H,4,15-17H2,1-3H3,(H,30,32). The number of sulfonamides is 1. The van der Waals surface area contributed by atoms with E-state index in [-0.39, 0.29) is 42.5 Å². The van der Waals surface area contributed by atoms with E-state index in [1.807, 2.05) is 26.0 Å². The first-order valence-corrected chi connectivity index (χ1v) is 13.9. The monoisotopic (exact) mass is 548 g/mol. The largest absolute Gasteiger partial charge is 0.462 e. The van der Waals surface area contributed by atoms with Crippen LogP contribution in [0.3, 0.4) is 0 Å². The summed E-state index contributed by atoms with van der Waals surface area (Å²) in [6.45, 7) is 5.66. The van der Waals surface area contributed by atoms with Gasteiger partial charge in [0.05, 0.1) is 22.6 Å². The second-order valence-electron chi connectivity index (χ2n) is 9.32. The summed E-state index contributed by atoms with van der Waals surface area (Å²) in [7, 11) is -4.10. The number of hydrogen-bond acceptors (Lipinski definition) is 7. The molecule has 0 bridgehead atoms. The minimum atomic E-state index is -4.10. The number of esters is 1. The number of benzene rings is 3. The van der Waals surface area contributed by atoms with Crippen LogP contribution in [0, 0.1) is 13.8 Å². The average molecular weight is 549 g/mol. The number of aromatic nitrogens is 1. The zero-order valence-corrected chi connectivity index (χ0v) is 22.6. The molecule has 0 atom stereocenters. The molecule has 9 nitrogen and oxygen atoms in total. The van der Waals surface area contributed by atoms with Crippen molar-refractivity contribution in [2.45, 2.75) is 38.8 Å². The Morgan fingerprint density at radius 1 is 0.949 bits per heavy atom. The fourth-order valence-corrected chi connectivity index (χ4v) is 5.93. The molecular weight excluding hydrogens is 520 g/mol. The molecule has 0 saturated heterocycles. The molecule has 0 aliphatic carbocycles. The van der Waals surface area contributed by atoms with Crippen LogP contribution in [0.4, 0.5) is 0 Å². The Morgan fingerprint density at radius 3 is 2.41 bits per heavy atom. The lowest BCUT2D eigenvalue weighted by molar-refractivity contribution is 0.0526. The molecule has 3 aromatic carbocycles. The Morgan fingerprint density at radius 2 is 1.67 bits per heavy atom. The predicted molar refractivity (Wildman–Crippen MR) is 145 cm³/mol. The number of nitrogens with zero attached hydrogens (tertiary/aromatic N) is 1. The van der Waals surface area contributed by atoms with Crippen molar-refractivity contribution in [2.24, 2.45) is 0 Å². The highest BCUT2D eigenvalue weighted by molar-refractivity contribution is 7.89. The van der Waals surface area contributed by atoms with E-state index in [9.17, 15) is 18.0 Å². The fraction of sp³-hybridized carbons (Fsp3) is 0.241. The van der Waals surface area contributed by atoms with Crippen molar-refractivity contribution in [3.8, 4) is 11.5 Å². The van der Waals surface area contributed by atoms with Gasteiger partial charge in [-0.15, -0.1) is 0 Å². The van der Waals surface area contributed by atoms with Gasteiger partial charge in [-0.3, -0.25) is 4.79 Å². The number of carbonyl (C=O) groups excluding carboxylic acids is 1. The summed E-state index contributed by atoms with van der Waals surface area (Å²) in [4.78, 5) is 28.1. The zero-order valence-electron chi connectivity index (χ0n) is 21.8. The maximum atomic E-state index is 13.9. The summed E-state index contributed by atoms with van der Waals surface area (Å²) in [5.74, 6) is 0.574. The molecule has 202 valence electrons. The first-order chi connectivity index (χ1) is 18.7. The minimum absolute atomic E-state index is 0.0134. The van der Waals surface area contributed by atoms with Crippen LogP contribution in [0.2, 0.25) is 0 Å². The van der Waals surface area contributed by atoms with Crippen molar-refractivity contribution in [1.29, 1.82) is 0 Å². The third-order valence-electron chi connectivity index (χ3n) is 6.67. The number of hydrogen-bond donors (Lipinski definition) is 1. The van der Waals surface area contributed by atoms with Gasteiger partial charge < -0.3 is 19.2 Å². The second-order valence-corrected chi connectivity index (χ2v) is 11.3. The van der Waals surface area contributed by atoms with Crippen LogP contribution in [-0.4, -0.2) is 37.1 Å².